The maximum atomic E-state index is 12.1. The second-order valence-corrected chi connectivity index (χ2v) is 6.33. The van der Waals surface area contributed by atoms with E-state index in [2.05, 4.69) is 20.8 Å². The molecule has 1 amide bonds. The number of benzene rings is 1. The molecule has 1 aromatic heterocycles. The first kappa shape index (κ1) is 16.0. The maximum absolute atomic E-state index is 12.1. The van der Waals surface area contributed by atoms with Crippen molar-refractivity contribution in [3.63, 3.8) is 0 Å². The molecule has 1 fully saturated rings. The highest BCUT2D eigenvalue weighted by Gasteiger charge is 2.18. The van der Waals surface area contributed by atoms with E-state index < -0.39 is 0 Å². The predicted octanol–water partition coefficient (Wildman–Crippen LogP) is 4.20. The molecule has 0 saturated heterocycles. The van der Waals surface area contributed by atoms with E-state index in [1.807, 2.05) is 0 Å². The number of amides is 1. The van der Waals surface area contributed by atoms with Gasteiger partial charge in [-0.25, -0.2) is 0 Å². The Hall–Kier alpha value is -1.85. The largest absolute Gasteiger partial charge is 0.348 e. The number of hydrogen-bond acceptors (Lipinski definition) is 4. The molecule has 1 aromatic carbocycles. The smallest absolute Gasteiger partial charge is 0.272 e. The highest BCUT2D eigenvalue weighted by molar-refractivity contribution is 6.42. The lowest BCUT2D eigenvalue weighted by atomic mass is 10.2. The van der Waals surface area contributed by atoms with Crippen molar-refractivity contribution in [2.24, 2.45) is 0 Å². The SMILES string of the molecule is O=C(NC1CCCC1)c1ccc(Nc2ccc(Cl)c(Cl)c2)nn1. The Morgan fingerprint density at radius 1 is 1.04 bits per heavy atom. The lowest BCUT2D eigenvalue weighted by molar-refractivity contribution is 0.0932. The van der Waals surface area contributed by atoms with Gasteiger partial charge in [0.2, 0.25) is 0 Å². The van der Waals surface area contributed by atoms with Gasteiger partial charge in [0, 0.05) is 11.7 Å². The van der Waals surface area contributed by atoms with Crippen LogP contribution in [-0.4, -0.2) is 22.1 Å². The summed E-state index contributed by atoms with van der Waals surface area (Å²) in [5, 5.41) is 15.0. The van der Waals surface area contributed by atoms with Crippen molar-refractivity contribution in [1.82, 2.24) is 15.5 Å². The Kier molecular flexibility index (Phi) is 4.98. The molecule has 23 heavy (non-hydrogen) atoms. The average Bonchev–Trinajstić information content (AvgIpc) is 3.04. The minimum Gasteiger partial charge on any atom is -0.348 e. The van der Waals surface area contributed by atoms with Gasteiger partial charge in [-0.3, -0.25) is 4.79 Å². The molecule has 2 aromatic rings. The molecule has 7 heteroatoms. The van der Waals surface area contributed by atoms with Crippen molar-refractivity contribution in [3.8, 4) is 0 Å². The second-order valence-electron chi connectivity index (χ2n) is 5.51. The number of carbonyl (C=O) groups is 1. The minimum absolute atomic E-state index is 0.175. The molecule has 1 heterocycles. The van der Waals surface area contributed by atoms with E-state index in [0.29, 0.717) is 21.6 Å². The first-order chi connectivity index (χ1) is 11.1. The van der Waals surface area contributed by atoms with E-state index in [-0.39, 0.29) is 11.9 Å². The summed E-state index contributed by atoms with van der Waals surface area (Å²) >= 11 is 11.8. The predicted molar refractivity (Wildman–Crippen MR) is 91.5 cm³/mol. The summed E-state index contributed by atoms with van der Waals surface area (Å²) in [4.78, 5) is 12.1. The Morgan fingerprint density at radius 2 is 1.83 bits per heavy atom. The zero-order valence-corrected chi connectivity index (χ0v) is 13.9. The number of aromatic nitrogens is 2. The molecular weight excluding hydrogens is 335 g/mol. The number of halogens is 2. The van der Waals surface area contributed by atoms with Gasteiger partial charge in [-0.05, 0) is 43.2 Å². The lowest BCUT2D eigenvalue weighted by Gasteiger charge is -2.11. The van der Waals surface area contributed by atoms with E-state index >= 15 is 0 Å². The van der Waals surface area contributed by atoms with Crippen molar-refractivity contribution in [2.75, 3.05) is 5.32 Å². The van der Waals surface area contributed by atoms with Crippen molar-refractivity contribution in [3.05, 3.63) is 46.1 Å². The summed E-state index contributed by atoms with van der Waals surface area (Å²) in [6.45, 7) is 0. The molecule has 0 bridgehead atoms. The van der Waals surface area contributed by atoms with Crippen LogP contribution in [0, 0.1) is 0 Å². The van der Waals surface area contributed by atoms with Gasteiger partial charge >= 0.3 is 0 Å². The number of nitrogens with zero attached hydrogens (tertiary/aromatic N) is 2. The second kappa shape index (κ2) is 7.15. The molecule has 1 aliphatic rings. The molecule has 3 rings (SSSR count). The fourth-order valence-electron chi connectivity index (χ4n) is 2.57. The van der Waals surface area contributed by atoms with Crippen LogP contribution in [0.5, 0.6) is 0 Å². The van der Waals surface area contributed by atoms with E-state index in [4.69, 9.17) is 23.2 Å². The molecule has 1 saturated carbocycles. The van der Waals surface area contributed by atoms with Crippen LogP contribution in [0.3, 0.4) is 0 Å². The zero-order valence-electron chi connectivity index (χ0n) is 12.4. The summed E-state index contributed by atoms with van der Waals surface area (Å²) in [5.41, 5.74) is 1.06. The van der Waals surface area contributed by atoms with Gasteiger partial charge in [-0.15, -0.1) is 10.2 Å². The molecule has 5 nitrogen and oxygen atoms in total. The first-order valence-electron chi connectivity index (χ1n) is 7.48. The van der Waals surface area contributed by atoms with Crippen LogP contribution in [0.1, 0.15) is 36.2 Å². The Balaban J connectivity index is 1.64. The monoisotopic (exact) mass is 350 g/mol. The lowest BCUT2D eigenvalue weighted by Crippen LogP contribution is -2.33. The Morgan fingerprint density at radius 3 is 2.48 bits per heavy atom. The van der Waals surface area contributed by atoms with Gasteiger partial charge in [0.25, 0.3) is 5.91 Å². The van der Waals surface area contributed by atoms with Gasteiger partial charge in [-0.1, -0.05) is 36.0 Å². The topological polar surface area (TPSA) is 66.9 Å². The number of carbonyl (C=O) groups excluding carboxylic acids is 1. The molecule has 0 aliphatic heterocycles. The molecule has 120 valence electrons. The molecule has 1 aliphatic carbocycles. The number of nitrogens with one attached hydrogen (secondary N) is 2. The third-order valence-corrected chi connectivity index (χ3v) is 4.52. The zero-order chi connectivity index (χ0) is 16.2. The summed E-state index contributed by atoms with van der Waals surface area (Å²) in [5.74, 6) is 0.353. The molecule has 2 N–H and O–H groups in total. The van der Waals surface area contributed by atoms with Crippen LogP contribution in [0.25, 0.3) is 0 Å². The number of rotatable bonds is 4. The summed E-state index contributed by atoms with van der Waals surface area (Å²) < 4.78 is 0. The molecule has 0 radical (unpaired) electrons. The molecular formula is C16H16Cl2N4O. The van der Waals surface area contributed by atoms with Gasteiger partial charge < -0.3 is 10.6 Å². The fraction of sp³-hybridized carbons (Fsp3) is 0.312. The summed E-state index contributed by atoms with van der Waals surface area (Å²) in [6, 6.07) is 8.81. The van der Waals surface area contributed by atoms with Crippen LogP contribution in [0.2, 0.25) is 10.0 Å². The quantitative estimate of drug-likeness (QED) is 0.866. The minimum atomic E-state index is -0.175. The Bertz CT molecular complexity index is 700. The maximum Gasteiger partial charge on any atom is 0.272 e. The van der Waals surface area contributed by atoms with E-state index in [9.17, 15) is 4.79 Å². The van der Waals surface area contributed by atoms with Crippen LogP contribution in [0.4, 0.5) is 11.5 Å². The standard InChI is InChI=1S/C16H16Cl2N4O/c17-12-6-5-11(9-13(12)18)19-15-8-7-14(21-22-15)16(23)20-10-3-1-2-4-10/h5-10H,1-4H2,(H,19,22)(H,20,23). The Labute approximate surface area is 144 Å². The molecule has 0 atom stereocenters. The highest BCUT2D eigenvalue weighted by atomic mass is 35.5. The van der Waals surface area contributed by atoms with E-state index in [1.165, 1.54) is 12.8 Å². The molecule has 0 spiro atoms. The van der Waals surface area contributed by atoms with Crippen LogP contribution in [-0.2, 0) is 0 Å². The van der Waals surface area contributed by atoms with Gasteiger partial charge in [-0.2, -0.15) is 0 Å². The highest BCUT2D eigenvalue weighted by Crippen LogP contribution is 2.26. The van der Waals surface area contributed by atoms with E-state index in [1.54, 1.807) is 30.3 Å². The molecule has 0 unspecified atom stereocenters. The first-order valence-corrected chi connectivity index (χ1v) is 8.24. The van der Waals surface area contributed by atoms with Crippen molar-refractivity contribution >= 4 is 40.6 Å². The number of hydrogen-bond donors (Lipinski definition) is 2. The number of anilines is 2. The van der Waals surface area contributed by atoms with Crippen LogP contribution in [0.15, 0.2) is 30.3 Å². The normalized spacial score (nSPS) is 14.7. The van der Waals surface area contributed by atoms with Crippen LogP contribution >= 0.6 is 23.2 Å². The fourth-order valence-corrected chi connectivity index (χ4v) is 2.87. The van der Waals surface area contributed by atoms with Crippen molar-refractivity contribution in [1.29, 1.82) is 0 Å². The van der Waals surface area contributed by atoms with Gasteiger partial charge in [0.15, 0.2) is 11.5 Å². The van der Waals surface area contributed by atoms with Crippen molar-refractivity contribution in [2.45, 2.75) is 31.7 Å². The van der Waals surface area contributed by atoms with Gasteiger partial charge in [0.1, 0.15) is 0 Å². The average molecular weight is 351 g/mol. The summed E-state index contributed by atoms with van der Waals surface area (Å²) in [7, 11) is 0. The van der Waals surface area contributed by atoms with Crippen LogP contribution < -0.4 is 10.6 Å². The third-order valence-electron chi connectivity index (χ3n) is 3.78. The van der Waals surface area contributed by atoms with Crippen molar-refractivity contribution < 1.29 is 4.79 Å². The summed E-state index contributed by atoms with van der Waals surface area (Å²) in [6.07, 6.45) is 4.42. The van der Waals surface area contributed by atoms with Gasteiger partial charge in [0.05, 0.1) is 10.0 Å². The van der Waals surface area contributed by atoms with E-state index in [0.717, 1.165) is 18.5 Å². The third kappa shape index (κ3) is 4.12.